The number of aryl methyl sites for hydroxylation is 1. The SMILES string of the molecule is CCn1cc(Br)c(=O)c(C#N)c1. The highest BCUT2D eigenvalue weighted by molar-refractivity contribution is 9.10. The Labute approximate surface area is 78.4 Å². The Morgan fingerprint density at radius 1 is 1.67 bits per heavy atom. The van der Waals surface area contributed by atoms with Gasteiger partial charge < -0.3 is 4.57 Å². The molecule has 0 saturated heterocycles. The molecule has 0 N–H and O–H groups in total. The molecule has 0 saturated carbocycles. The maximum atomic E-state index is 11.2. The quantitative estimate of drug-likeness (QED) is 0.729. The van der Waals surface area contributed by atoms with E-state index < -0.39 is 0 Å². The van der Waals surface area contributed by atoms with E-state index in [1.54, 1.807) is 17.0 Å². The van der Waals surface area contributed by atoms with Gasteiger partial charge in [-0.3, -0.25) is 4.79 Å². The van der Waals surface area contributed by atoms with Crippen molar-refractivity contribution in [1.82, 2.24) is 4.57 Å². The minimum Gasteiger partial charge on any atom is -0.352 e. The van der Waals surface area contributed by atoms with Crippen molar-refractivity contribution in [3.8, 4) is 6.07 Å². The first kappa shape index (κ1) is 9.01. The van der Waals surface area contributed by atoms with Crippen molar-refractivity contribution in [3.63, 3.8) is 0 Å². The van der Waals surface area contributed by atoms with Gasteiger partial charge in [0.2, 0.25) is 5.43 Å². The monoisotopic (exact) mass is 226 g/mol. The van der Waals surface area contributed by atoms with Crippen molar-refractivity contribution >= 4 is 15.9 Å². The van der Waals surface area contributed by atoms with Crippen LogP contribution in [0.3, 0.4) is 0 Å². The molecule has 0 atom stereocenters. The molecule has 0 amide bonds. The van der Waals surface area contributed by atoms with Gasteiger partial charge >= 0.3 is 0 Å². The number of aromatic nitrogens is 1. The summed E-state index contributed by atoms with van der Waals surface area (Å²) in [6.45, 7) is 2.69. The van der Waals surface area contributed by atoms with Crippen molar-refractivity contribution in [2.45, 2.75) is 13.5 Å². The van der Waals surface area contributed by atoms with Gasteiger partial charge in [-0.15, -0.1) is 0 Å². The van der Waals surface area contributed by atoms with Gasteiger partial charge in [0.1, 0.15) is 11.6 Å². The normalized spacial score (nSPS) is 9.42. The first-order valence-electron chi connectivity index (χ1n) is 3.48. The average molecular weight is 227 g/mol. The largest absolute Gasteiger partial charge is 0.352 e. The van der Waals surface area contributed by atoms with Gasteiger partial charge in [0.25, 0.3) is 0 Å². The Balaban J connectivity index is 3.42. The molecule has 4 heteroatoms. The highest BCUT2D eigenvalue weighted by atomic mass is 79.9. The van der Waals surface area contributed by atoms with E-state index in [1.807, 2.05) is 13.0 Å². The number of nitriles is 1. The summed E-state index contributed by atoms with van der Waals surface area (Å²) in [5.74, 6) is 0. The van der Waals surface area contributed by atoms with Gasteiger partial charge in [0.15, 0.2) is 0 Å². The van der Waals surface area contributed by atoms with Crippen LogP contribution in [0.1, 0.15) is 12.5 Å². The van der Waals surface area contributed by atoms with E-state index in [4.69, 9.17) is 5.26 Å². The average Bonchev–Trinajstić information content (AvgIpc) is 2.09. The number of pyridine rings is 1. The minimum atomic E-state index is -0.248. The number of rotatable bonds is 1. The van der Waals surface area contributed by atoms with Crippen molar-refractivity contribution in [2.75, 3.05) is 0 Å². The lowest BCUT2D eigenvalue weighted by molar-refractivity contribution is 0.748. The molecule has 0 unspecified atom stereocenters. The second kappa shape index (κ2) is 3.55. The molecule has 1 rings (SSSR count). The van der Waals surface area contributed by atoms with E-state index in [9.17, 15) is 4.79 Å². The Hall–Kier alpha value is -1.08. The van der Waals surface area contributed by atoms with Crippen LogP contribution in [-0.2, 0) is 6.54 Å². The third-order valence-electron chi connectivity index (χ3n) is 1.52. The summed E-state index contributed by atoms with van der Waals surface area (Å²) in [5, 5.41) is 8.58. The second-order valence-corrected chi connectivity index (χ2v) is 3.15. The van der Waals surface area contributed by atoms with Crippen molar-refractivity contribution in [3.05, 3.63) is 32.7 Å². The Bertz CT molecular complexity index is 389. The van der Waals surface area contributed by atoms with Crippen LogP contribution in [0.5, 0.6) is 0 Å². The highest BCUT2D eigenvalue weighted by Gasteiger charge is 2.02. The summed E-state index contributed by atoms with van der Waals surface area (Å²) < 4.78 is 2.22. The first-order chi connectivity index (χ1) is 5.69. The standard InChI is InChI=1S/C8H7BrN2O/c1-2-11-4-6(3-10)8(12)7(9)5-11/h4-5H,2H2,1H3. The van der Waals surface area contributed by atoms with E-state index in [2.05, 4.69) is 15.9 Å². The van der Waals surface area contributed by atoms with Crippen molar-refractivity contribution in [2.24, 2.45) is 0 Å². The van der Waals surface area contributed by atoms with Crippen LogP contribution < -0.4 is 5.43 Å². The fourth-order valence-electron chi connectivity index (χ4n) is 0.857. The smallest absolute Gasteiger partial charge is 0.213 e. The van der Waals surface area contributed by atoms with Crippen molar-refractivity contribution < 1.29 is 0 Å². The lowest BCUT2D eigenvalue weighted by atomic mass is 10.3. The molecule has 1 heterocycles. The van der Waals surface area contributed by atoms with Gasteiger partial charge in [0.05, 0.1) is 4.47 Å². The fraction of sp³-hybridized carbons (Fsp3) is 0.250. The molecular weight excluding hydrogens is 220 g/mol. The van der Waals surface area contributed by atoms with E-state index in [1.165, 1.54) is 0 Å². The number of hydrogen-bond donors (Lipinski definition) is 0. The fourth-order valence-corrected chi connectivity index (χ4v) is 1.33. The summed E-state index contributed by atoms with van der Waals surface area (Å²) in [5.41, 5.74) is -0.0755. The zero-order chi connectivity index (χ0) is 9.14. The molecule has 0 aliphatic rings. The van der Waals surface area contributed by atoms with Gasteiger partial charge in [-0.1, -0.05) is 0 Å². The third-order valence-corrected chi connectivity index (χ3v) is 2.09. The lowest BCUT2D eigenvalue weighted by Gasteiger charge is -2.02. The Kier molecular flexibility index (Phi) is 2.66. The number of nitrogens with zero attached hydrogens (tertiary/aromatic N) is 2. The highest BCUT2D eigenvalue weighted by Crippen LogP contribution is 2.04. The summed E-state index contributed by atoms with van der Waals surface area (Å²) >= 11 is 3.09. The molecule has 0 radical (unpaired) electrons. The molecule has 0 bridgehead atoms. The van der Waals surface area contributed by atoms with E-state index in [0.29, 0.717) is 4.47 Å². The summed E-state index contributed by atoms with van der Waals surface area (Å²) in [6.07, 6.45) is 3.22. The summed E-state index contributed by atoms with van der Waals surface area (Å²) in [4.78, 5) is 11.2. The van der Waals surface area contributed by atoms with Gasteiger partial charge in [-0.05, 0) is 22.9 Å². The van der Waals surface area contributed by atoms with E-state index in [-0.39, 0.29) is 11.0 Å². The van der Waals surface area contributed by atoms with Crippen LogP contribution in [-0.4, -0.2) is 4.57 Å². The molecule has 62 valence electrons. The molecule has 1 aromatic rings. The predicted molar refractivity (Wildman–Crippen MR) is 48.8 cm³/mol. The minimum absolute atomic E-state index is 0.172. The van der Waals surface area contributed by atoms with Gasteiger partial charge in [0, 0.05) is 18.9 Å². The summed E-state index contributed by atoms with van der Waals surface area (Å²) in [7, 11) is 0. The maximum Gasteiger partial charge on any atom is 0.213 e. The Morgan fingerprint density at radius 2 is 2.33 bits per heavy atom. The molecule has 0 spiro atoms. The number of hydrogen-bond acceptors (Lipinski definition) is 2. The second-order valence-electron chi connectivity index (χ2n) is 2.29. The molecular formula is C8H7BrN2O. The molecule has 3 nitrogen and oxygen atoms in total. The predicted octanol–water partition coefficient (Wildman–Crippen LogP) is 1.50. The molecule has 1 aromatic heterocycles. The molecule has 0 aliphatic heterocycles. The Morgan fingerprint density at radius 3 is 2.83 bits per heavy atom. The topological polar surface area (TPSA) is 45.8 Å². The molecule has 0 aromatic carbocycles. The van der Waals surface area contributed by atoms with Crippen LogP contribution >= 0.6 is 15.9 Å². The van der Waals surface area contributed by atoms with Crippen LogP contribution in [0, 0.1) is 11.3 Å². The number of halogens is 1. The molecule has 0 aliphatic carbocycles. The zero-order valence-corrected chi connectivity index (χ0v) is 8.13. The van der Waals surface area contributed by atoms with Gasteiger partial charge in [-0.2, -0.15) is 5.26 Å². The molecule has 12 heavy (non-hydrogen) atoms. The first-order valence-corrected chi connectivity index (χ1v) is 4.28. The summed E-state index contributed by atoms with van der Waals surface area (Å²) in [6, 6.07) is 1.85. The molecule has 0 fully saturated rings. The van der Waals surface area contributed by atoms with Crippen LogP contribution in [0.15, 0.2) is 21.7 Å². The van der Waals surface area contributed by atoms with Crippen LogP contribution in [0.25, 0.3) is 0 Å². The van der Waals surface area contributed by atoms with E-state index in [0.717, 1.165) is 6.54 Å². The van der Waals surface area contributed by atoms with Crippen molar-refractivity contribution in [1.29, 1.82) is 5.26 Å². The maximum absolute atomic E-state index is 11.2. The van der Waals surface area contributed by atoms with Gasteiger partial charge in [-0.25, -0.2) is 0 Å². The van der Waals surface area contributed by atoms with Crippen LogP contribution in [0.4, 0.5) is 0 Å². The third kappa shape index (κ3) is 1.56. The van der Waals surface area contributed by atoms with Crippen LogP contribution in [0.2, 0.25) is 0 Å². The lowest BCUT2D eigenvalue weighted by Crippen LogP contribution is -2.11. The zero-order valence-electron chi connectivity index (χ0n) is 6.54. The van der Waals surface area contributed by atoms with E-state index >= 15 is 0 Å².